The third-order valence-corrected chi connectivity index (χ3v) is 2.69. The fourth-order valence-corrected chi connectivity index (χ4v) is 1.66. The first-order valence-corrected chi connectivity index (χ1v) is 6.30. The Balaban J connectivity index is 2.42. The molecule has 0 amide bonds. The van der Waals surface area contributed by atoms with Crippen molar-refractivity contribution in [1.82, 2.24) is 5.32 Å². The van der Waals surface area contributed by atoms with Crippen molar-refractivity contribution >= 4 is 0 Å². The van der Waals surface area contributed by atoms with Gasteiger partial charge in [0, 0.05) is 12.6 Å². The highest BCUT2D eigenvalue weighted by atomic mass is 16.5. The molecule has 1 unspecified atom stereocenters. The summed E-state index contributed by atoms with van der Waals surface area (Å²) in [5.41, 5.74) is 1.14. The minimum atomic E-state index is 0.193. The number of hydrogen-bond acceptors (Lipinski definition) is 3. The van der Waals surface area contributed by atoms with Crippen LogP contribution >= 0.6 is 0 Å². The van der Waals surface area contributed by atoms with E-state index in [-0.39, 0.29) is 12.6 Å². The normalized spacial score (nSPS) is 12.4. The number of rotatable bonds is 8. The van der Waals surface area contributed by atoms with Crippen molar-refractivity contribution in [3.63, 3.8) is 0 Å². The molecule has 2 N–H and O–H groups in total. The molecule has 0 aliphatic carbocycles. The molecule has 1 aromatic rings. The summed E-state index contributed by atoms with van der Waals surface area (Å²) < 4.78 is 5.77. The summed E-state index contributed by atoms with van der Waals surface area (Å²) in [5, 5.41) is 12.4. The maximum Gasteiger partial charge on any atom is 0.122 e. The van der Waals surface area contributed by atoms with Crippen molar-refractivity contribution in [2.75, 3.05) is 19.8 Å². The van der Waals surface area contributed by atoms with Crippen LogP contribution in [0.1, 0.15) is 25.3 Å². The Kier molecular flexibility index (Phi) is 6.67. The minimum Gasteiger partial charge on any atom is -0.492 e. The van der Waals surface area contributed by atoms with Crippen LogP contribution in [0.2, 0.25) is 0 Å². The molecule has 0 radical (unpaired) electrons. The largest absolute Gasteiger partial charge is 0.492 e. The summed E-state index contributed by atoms with van der Waals surface area (Å²) >= 11 is 0. The lowest BCUT2D eigenvalue weighted by Gasteiger charge is -2.18. The van der Waals surface area contributed by atoms with Crippen LogP contribution < -0.4 is 10.1 Å². The number of para-hydroxylation sites is 1. The average molecular weight is 237 g/mol. The number of ether oxygens (including phenoxy) is 1. The van der Waals surface area contributed by atoms with Crippen LogP contribution in [-0.2, 0) is 0 Å². The van der Waals surface area contributed by atoms with E-state index in [9.17, 15) is 0 Å². The first kappa shape index (κ1) is 14.0. The molecule has 1 aromatic carbocycles. The zero-order valence-corrected chi connectivity index (χ0v) is 10.8. The van der Waals surface area contributed by atoms with Gasteiger partial charge in [-0.1, -0.05) is 25.1 Å². The van der Waals surface area contributed by atoms with E-state index < -0.39 is 0 Å². The maximum atomic E-state index is 8.99. The summed E-state index contributed by atoms with van der Waals surface area (Å²) in [7, 11) is 0. The fourth-order valence-electron chi connectivity index (χ4n) is 1.66. The highest BCUT2D eigenvalue weighted by Gasteiger charge is 2.08. The summed E-state index contributed by atoms with van der Waals surface area (Å²) in [6.07, 6.45) is 1.82. The van der Waals surface area contributed by atoms with Gasteiger partial charge < -0.3 is 15.2 Å². The third-order valence-electron chi connectivity index (χ3n) is 2.69. The minimum absolute atomic E-state index is 0.193. The molecular weight excluding hydrogens is 214 g/mol. The first-order chi connectivity index (χ1) is 8.27. The van der Waals surface area contributed by atoms with Gasteiger partial charge in [-0.2, -0.15) is 0 Å². The highest BCUT2D eigenvalue weighted by molar-refractivity contribution is 5.31. The molecule has 0 saturated carbocycles. The quantitative estimate of drug-likeness (QED) is 0.727. The van der Waals surface area contributed by atoms with Gasteiger partial charge in [0.05, 0.1) is 0 Å². The molecule has 3 heteroatoms. The van der Waals surface area contributed by atoms with Gasteiger partial charge in [-0.3, -0.25) is 0 Å². The molecule has 0 aliphatic rings. The molecule has 1 rings (SSSR count). The number of nitrogens with one attached hydrogen (secondary N) is 1. The number of hydrogen-bond donors (Lipinski definition) is 2. The second kappa shape index (κ2) is 8.09. The Morgan fingerprint density at radius 3 is 2.76 bits per heavy atom. The predicted octanol–water partition coefficient (Wildman–Crippen LogP) is 2.12. The Bertz CT molecular complexity index is 315. The first-order valence-electron chi connectivity index (χ1n) is 6.30. The Hall–Kier alpha value is -1.06. The van der Waals surface area contributed by atoms with Gasteiger partial charge in [-0.25, -0.2) is 0 Å². The lowest BCUT2D eigenvalue weighted by molar-refractivity contribution is 0.213. The van der Waals surface area contributed by atoms with E-state index in [2.05, 4.69) is 12.2 Å². The van der Waals surface area contributed by atoms with E-state index in [0.717, 1.165) is 30.7 Å². The SMILES string of the molecule is CCCNC(CCO)COc1ccccc1C. The fraction of sp³-hybridized carbons (Fsp3) is 0.571. The zero-order chi connectivity index (χ0) is 12.5. The molecular formula is C14H23NO2. The standard InChI is InChI=1S/C14H23NO2/c1-3-9-15-13(8-10-16)11-17-14-7-5-4-6-12(14)2/h4-7,13,15-16H,3,8-11H2,1-2H3. The lowest BCUT2D eigenvalue weighted by Crippen LogP contribution is -2.36. The summed E-state index contributed by atoms with van der Waals surface area (Å²) in [6, 6.07) is 8.21. The van der Waals surface area contributed by atoms with Gasteiger partial charge in [-0.15, -0.1) is 0 Å². The lowest BCUT2D eigenvalue weighted by atomic mass is 10.2. The summed E-state index contributed by atoms with van der Waals surface area (Å²) in [5.74, 6) is 0.925. The molecule has 3 nitrogen and oxygen atoms in total. The molecule has 0 fully saturated rings. The summed E-state index contributed by atoms with van der Waals surface area (Å²) in [6.45, 7) is 5.92. The van der Waals surface area contributed by atoms with Crippen molar-refractivity contribution in [2.24, 2.45) is 0 Å². The van der Waals surface area contributed by atoms with Crippen LogP contribution in [0.5, 0.6) is 5.75 Å². The smallest absolute Gasteiger partial charge is 0.122 e. The van der Waals surface area contributed by atoms with E-state index in [1.807, 2.05) is 31.2 Å². The Morgan fingerprint density at radius 1 is 1.35 bits per heavy atom. The van der Waals surface area contributed by atoms with Crippen LogP contribution in [0.15, 0.2) is 24.3 Å². The zero-order valence-electron chi connectivity index (χ0n) is 10.8. The van der Waals surface area contributed by atoms with E-state index in [1.165, 1.54) is 0 Å². The van der Waals surface area contributed by atoms with Crippen molar-refractivity contribution in [3.05, 3.63) is 29.8 Å². The van der Waals surface area contributed by atoms with Crippen LogP contribution in [0.25, 0.3) is 0 Å². The van der Waals surface area contributed by atoms with E-state index in [1.54, 1.807) is 0 Å². The van der Waals surface area contributed by atoms with E-state index >= 15 is 0 Å². The molecule has 0 heterocycles. The maximum absolute atomic E-state index is 8.99. The van der Waals surface area contributed by atoms with Crippen LogP contribution in [0.3, 0.4) is 0 Å². The molecule has 0 aliphatic heterocycles. The monoisotopic (exact) mass is 237 g/mol. The van der Waals surface area contributed by atoms with E-state index in [0.29, 0.717) is 6.61 Å². The van der Waals surface area contributed by atoms with Crippen LogP contribution in [0.4, 0.5) is 0 Å². The number of benzene rings is 1. The third kappa shape index (κ3) is 5.20. The molecule has 0 spiro atoms. The van der Waals surface area contributed by atoms with Gasteiger partial charge in [0.25, 0.3) is 0 Å². The number of aliphatic hydroxyl groups is 1. The average Bonchev–Trinajstić information content (AvgIpc) is 2.34. The molecule has 0 aromatic heterocycles. The van der Waals surface area contributed by atoms with Crippen molar-refractivity contribution < 1.29 is 9.84 Å². The predicted molar refractivity (Wildman–Crippen MR) is 70.5 cm³/mol. The molecule has 96 valence electrons. The summed E-state index contributed by atoms with van der Waals surface area (Å²) in [4.78, 5) is 0. The van der Waals surface area contributed by atoms with Gasteiger partial charge in [-0.05, 0) is 37.9 Å². The molecule has 17 heavy (non-hydrogen) atoms. The number of aliphatic hydroxyl groups excluding tert-OH is 1. The highest BCUT2D eigenvalue weighted by Crippen LogP contribution is 2.16. The molecule has 0 saturated heterocycles. The Labute approximate surface area is 104 Å². The second-order valence-electron chi connectivity index (χ2n) is 4.24. The van der Waals surface area contributed by atoms with Gasteiger partial charge >= 0.3 is 0 Å². The van der Waals surface area contributed by atoms with Gasteiger partial charge in [0.1, 0.15) is 12.4 Å². The van der Waals surface area contributed by atoms with Crippen LogP contribution in [-0.4, -0.2) is 30.9 Å². The van der Waals surface area contributed by atoms with Gasteiger partial charge in [0.15, 0.2) is 0 Å². The van der Waals surface area contributed by atoms with E-state index in [4.69, 9.17) is 9.84 Å². The Morgan fingerprint density at radius 2 is 2.12 bits per heavy atom. The second-order valence-corrected chi connectivity index (χ2v) is 4.24. The van der Waals surface area contributed by atoms with Gasteiger partial charge in [0.2, 0.25) is 0 Å². The number of aryl methyl sites for hydroxylation is 1. The van der Waals surface area contributed by atoms with Crippen molar-refractivity contribution in [3.8, 4) is 5.75 Å². The van der Waals surface area contributed by atoms with Crippen LogP contribution in [0, 0.1) is 6.92 Å². The van der Waals surface area contributed by atoms with Crippen molar-refractivity contribution in [1.29, 1.82) is 0 Å². The topological polar surface area (TPSA) is 41.5 Å². The van der Waals surface area contributed by atoms with Crippen molar-refractivity contribution in [2.45, 2.75) is 32.7 Å². The molecule has 1 atom stereocenters. The molecule has 0 bridgehead atoms.